The number of amides is 2. The van der Waals surface area contributed by atoms with Gasteiger partial charge in [0.1, 0.15) is 0 Å². The second-order valence-electron chi connectivity index (χ2n) is 11.3. The monoisotopic (exact) mass is 499 g/mol. The Hall–Kier alpha value is -3.32. The van der Waals surface area contributed by atoms with Gasteiger partial charge >= 0.3 is 12.0 Å². The number of carbonyl (C=O) groups excluding carboxylic acids is 1. The number of carbonyl (C=O) groups is 2. The van der Waals surface area contributed by atoms with E-state index in [0.717, 1.165) is 30.2 Å². The van der Waals surface area contributed by atoms with Crippen LogP contribution in [0.4, 0.5) is 4.79 Å². The molecule has 2 N–H and O–H groups in total. The van der Waals surface area contributed by atoms with E-state index in [4.69, 9.17) is 4.74 Å². The molecule has 0 spiro atoms. The molecule has 2 aliphatic carbocycles. The molecular formula is C30H33N3O4. The second kappa shape index (κ2) is 8.62. The Kier molecular flexibility index (Phi) is 5.32. The minimum atomic E-state index is -0.912. The van der Waals surface area contributed by atoms with Gasteiger partial charge < -0.3 is 24.6 Å². The Bertz CT molecular complexity index is 1400. The van der Waals surface area contributed by atoms with Gasteiger partial charge in [-0.1, -0.05) is 49.6 Å². The number of fused-ring (bicyclic) bond motifs is 7. The van der Waals surface area contributed by atoms with Crippen LogP contribution in [0.5, 0.6) is 0 Å². The van der Waals surface area contributed by atoms with Crippen LogP contribution in [0.15, 0.2) is 42.5 Å². The molecule has 0 unspecified atom stereocenters. The maximum atomic E-state index is 13.4. The number of rotatable bonds is 3. The summed E-state index contributed by atoms with van der Waals surface area (Å²) in [6.45, 7) is 3.00. The summed E-state index contributed by atoms with van der Waals surface area (Å²) in [5.41, 5.74) is 6.02. The van der Waals surface area contributed by atoms with Gasteiger partial charge in [0.25, 0.3) is 0 Å². The molecule has 7 nitrogen and oxygen atoms in total. The Labute approximate surface area is 216 Å². The molecule has 2 saturated carbocycles. The Balaban J connectivity index is 1.41. The zero-order valence-electron chi connectivity index (χ0n) is 21.0. The molecule has 2 amide bonds. The van der Waals surface area contributed by atoms with Gasteiger partial charge in [-0.15, -0.1) is 0 Å². The van der Waals surface area contributed by atoms with Crippen molar-refractivity contribution in [3.05, 3.63) is 59.2 Å². The molecule has 3 heterocycles. The van der Waals surface area contributed by atoms with E-state index in [1.54, 1.807) is 6.07 Å². The van der Waals surface area contributed by atoms with E-state index in [0.29, 0.717) is 44.3 Å². The van der Waals surface area contributed by atoms with Crippen LogP contribution in [0.1, 0.15) is 71.8 Å². The fraction of sp³-hybridized carbons (Fsp3) is 0.467. The van der Waals surface area contributed by atoms with Crippen LogP contribution in [-0.4, -0.2) is 58.4 Å². The number of ether oxygens (including phenoxy) is 1. The van der Waals surface area contributed by atoms with E-state index in [1.807, 2.05) is 17.0 Å². The first-order chi connectivity index (χ1) is 18.1. The van der Waals surface area contributed by atoms with Gasteiger partial charge in [-0.3, -0.25) is 0 Å². The van der Waals surface area contributed by atoms with Crippen molar-refractivity contribution in [2.45, 2.75) is 62.4 Å². The summed E-state index contributed by atoms with van der Waals surface area (Å²) in [7, 11) is 0. The van der Waals surface area contributed by atoms with Crippen molar-refractivity contribution >= 4 is 22.9 Å². The Morgan fingerprint density at radius 2 is 1.81 bits per heavy atom. The maximum Gasteiger partial charge on any atom is 0.335 e. The quantitative estimate of drug-likeness (QED) is 0.510. The lowest BCUT2D eigenvalue weighted by Crippen LogP contribution is -2.51. The molecule has 4 aliphatic rings. The van der Waals surface area contributed by atoms with Crippen LogP contribution in [0, 0.1) is 0 Å². The highest BCUT2D eigenvalue weighted by molar-refractivity contribution is 5.99. The van der Waals surface area contributed by atoms with Gasteiger partial charge in [-0.25, -0.2) is 9.59 Å². The third-order valence-corrected chi connectivity index (χ3v) is 9.13. The standard InChI is InChI=1S/C30H33N3O4/c34-28(35)20-10-11-23-25(16-20)33-18-30(31-29(36)32-12-14-37-15-13-32)17-24(30)21-8-4-5-9-22(21)27(33)26(23)19-6-2-1-3-7-19/h4-5,8-11,16,19,24H,1-3,6-7,12-15,17-18H2,(H,31,36)(H,34,35)/t24-,30-/m1/s1. The Morgan fingerprint density at radius 3 is 2.59 bits per heavy atom. The predicted molar refractivity (Wildman–Crippen MR) is 141 cm³/mol. The fourth-order valence-electron chi connectivity index (χ4n) is 7.19. The number of carboxylic acid groups (broad SMARTS) is 1. The normalized spacial score (nSPS) is 25.1. The Morgan fingerprint density at radius 1 is 1.03 bits per heavy atom. The summed E-state index contributed by atoms with van der Waals surface area (Å²) in [6.07, 6.45) is 6.95. The molecule has 3 aromatic rings. The van der Waals surface area contributed by atoms with E-state index in [2.05, 4.69) is 34.1 Å². The zero-order chi connectivity index (χ0) is 25.1. The summed E-state index contributed by atoms with van der Waals surface area (Å²) in [4.78, 5) is 27.2. The maximum absolute atomic E-state index is 13.4. The smallest absolute Gasteiger partial charge is 0.335 e. The minimum absolute atomic E-state index is 0.0260. The van der Waals surface area contributed by atoms with Crippen molar-refractivity contribution < 1.29 is 19.4 Å². The average molecular weight is 500 g/mol. The first-order valence-electron chi connectivity index (χ1n) is 13.7. The highest BCUT2D eigenvalue weighted by atomic mass is 16.5. The molecule has 0 radical (unpaired) electrons. The van der Waals surface area contributed by atoms with Crippen molar-refractivity contribution in [1.29, 1.82) is 0 Å². The number of benzene rings is 2. The topological polar surface area (TPSA) is 83.8 Å². The third kappa shape index (κ3) is 3.66. The van der Waals surface area contributed by atoms with E-state index < -0.39 is 5.97 Å². The van der Waals surface area contributed by atoms with Gasteiger partial charge in [-0.2, -0.15) is 0 Å². The molecule has 37 heavy (non-hydrogen) atoms. The first-order valence-corrected chi connectivity index (χ1v) is 13.7. The fourth-order valence-corrected chi connectivity index (χ4v) is 7.19. The van der Waals surface area contributed by atoms with Gasteiger partial charge in [0.15, 0.2) is 0 Å². The lowest BCUT2D eigenvalue weighted by atomic mass is 9.81. The predicted octanol–water partition coefficient (Wildman–Crippen LogP) is 5.34. The van der Waals surface area contributed by atoms with Crippen LogP contribution >= 0.6 is 0 Å². The van der Waals surface area contributed by atoms with E-state index >= 15 is 0 Å². The number of hydrogen-bond acceptors (Lipinski definition) is 3. The van der Waals surface area contributed by atoms with Crippen molar-refractivity contribution in [3.63, 3.8) is 0 Å². The summed E-state index contributed by atoms with van der Waals surface area (Å²) in [5.74, 6) is -0.208. The number of carboxylic acids is 1. The summed E-state index contributed by atoms with van der Waals surface area (Å²) in [5, 5.41) is 14.4. The molecule has 3 fully saturated rings. The summed E-state index contributed by atoms with van der Waals surface area (Å²) in [6, 6.07) is 14.3. The lowest BCUT2D eigenvalue weighted by Gasteiger charge is -2.30. The van der Waals surface area contributed by atoms with Gasteiger partial charge in [-0.05, 0) is 48.4 Å². The van der Waals surface area contributed by atoms with Crippen molar-refractivity contribution in [3.8, 4) is 11.3 Å². The van der Waals surface area contributed by atoms with Crippen LogP contribution in [0.3, 0.4) is 0 Å². The molecule has 1 aromatic heterocycles. The minimum Gasteiger partial charge on any atom is -0.478 e. The van der Waals surface area contributed by atoms with Gasteiger partial charge in [0.05, 0.1) is 30.0 Å². The number of aromatic nitrogens is 1. The molecule has 7 rings (SSSR count). The van der Waals surface area contributed by atoms with Crippen molar-refractivity contribution in [1.82, 2.24) is 14.8 Å². The zero-order valence-corrected chi connectivity index (χ0v) is 21.0. The molecule has 192 valence electrons. The van der Waals surface area contributed by atoms with Crippen LogP contribution in [0.25, 0.3) is 22.2 Å². The average Bonchev–Trinajstić information content (AvgIpc) is 3.56. The van der Waals surface area contributed by atoms with Crippen LogP contribution in [0.2, 0.25) is 0 Å². The van der Waals surface area contributed by atoms with E-state index in [-0.39, 0.29) is 17.5 Å². The number of nitrogens with one attached hydrogen (secondary N) is 1. The van der Waals surface area contributed by atoms with E-state index in [1.165, 1.54) is 41.6 Å². The number of hydrogen-bond donors (Lipinski definition) is 2. The summed E-state index contributed by atoms with van der Waals surface area (Å²) >= 11 is 0. The van der Waals surface area contributed by atoms with Crippen molar-refractivity contribution in [2.24, 2.45) is 0 Å². The van der Waals surface area contributed by atoms with Crippen LogP contribution < -0.4 is 5.32 Å². The molecule has 2 aromatic carbocycles. The number of aromatic carboxylic acids is 1. The number of nitrogens with zero attached hydrogens (tertiary/aromatic N) is 2. The number of urea groups is 1. The third-order valence-electron chi connectivity index (χ3n) is 9.13. The highest BCUT2D eigenvalue weighted by Gasteiger charge is 2.59. The molecule has 7 heteroatoms. The SMILES string of the molecule is O=C(O)c1ccc2c(C3CCCCC3)c3n(c2c1)C[C@]1(NC(=O)N2CCOCC2)C[C@@H]1c1ccccc1-3. The number of morpholine rings is 1. The molecular weight excluding hydrogens is 466 g/mol. The first kappa shape index (κ1) is 22.8. The van der Waals surface area contributed by atoms with Crippen LogP contribution in [-0.2, 0) is 11.3 Å². The van der Waals surface area contributed by atoms with E-state index in [9.17, 15) is 14.7 Å². The molecule has 2 aliphatic heterocycles. The molecule has 2 atom stereocenters. The lowest BCUT2D eigenvalue weighted by molar-refractivity contribution is 0.0520. The van der Waals surface area contributed by atoms with Gasteiger partial charge in [0.2, 0.25) is 0 Å². The molecule has 1 saturated heterocycles. The molecule has 0 bridgehead atoms. The van der Waals surface area contributed by atoms with Gasteiger partial charge in [0, 0.05) is 42.0 Å². The highest BCUT2D eigenvalue weighted by Crippen LogP contribution is 2.59. The summed E-state index contributed by atoms with van der Waals surface area (Å²) < 4.78 is 7.80. The largest absolute Gasteiger partial charge is 0.478 e. The second-order valence-corrected chi connectivity index (χ2v) is 11.3. The van der Waals surface area contributed by atoms with Crippen molar-refractivity contribution in [2.75, 3.05) is 26.3 Å².